The Morgan fingerprint density at radius 1 is 1.24 bits per heavy atom. The van der Waals surface area contributed by atoms with Crippen LogP contribution < -0.4 is 4.72 Å². The molecule has 1 atom stereocenters. The maximum Gasteiger partial charge on any atom is 0.251 e. The van der Waals surface area contributed by atoms with Crippen molar-refractivity contribution in [2.45, 2.75) is 20.3 Å². The predicted octanol–water partition coefficient (Wildman–Crippen LogP) is 3.63. The maximum absolute atomic E-state index is 10.4. The van der Waals surface area contributed by atoms with Gasteiger partial charge in [0.25, 0.3) is 5.88 Å². The lowest BCUT2D eigenvalue weighted by Gasteiger charge is -2.04. The van der Waals surface area contributed by atoms with E-state index >= 15 is 0 Å². The van der Waals surface area contributed by atoms with Gasteiger partial charge in [0.2, 0.25) is 11.5 Å². The third-order valence-electron chi connectivity index (χ3n) is 2.14. The molecule has 0 spiro atoms. The highest BCUT2D eigenvalue weighted by molar-refractivity contribution is 7.80. The molecule has 1 unspecified atom stereocenters. The Bertz CT molecular complexity index is 612. The molecule has 0 fully saturated rings. The number of halogens is 1. The molecular weight excluding hydrogens is 318 g/mol. The van der Waals surface area contributed by atoms with Crippen molar-refractivity contribution in [3.8, 4) is 22.8 Å². The summed E-state index contributed by atoms with van der Waals surface area (Å²) in [5, 5.41) is 19.6. The van der Waals surface area contributed by atoms with E-state index in [4.69, 9.17) is 16.0 Å². The van der Waals surface area contributed by atoms with Crippen molar-refractivity contribution >= 4 is 28.8 Å². The van der Waals surface area contributed by atoms with Crippen molar-refractivity contribution in [3.05, 3.63) is 29.3 Å². The molecule has 0 aliphatic rings. The fraction of sp³-hybridized carbons (Fsp3) is 0.231. The first-order chi connectivity index (χ1) is 9.90. The first-order valence-corrected chi connectivity index (χ1v) is 7.52. The van der Waals surface area contributed by atoms with E-state index in [0.29, 0.717) is 10.6 Å². The van der Waals surface area contributed by atoms with Crippen LogP contribution in [0.15, 0.2) is 28.7 Å². The summed E-state index contributed by atoms with van der Waals surface area (Å²) in [6, 6.07) is 6.24. The van der Waals surface area contributed by atoms with Crippen LogP contribution in [0, 0.1) is 0 Å². The number of hydrogen-bond acceptors (Lipinski definition) is 5. The molecule has 0 amide bonds. The standard InChI is InChI=1S/C10H8ClNO5S.C3H8/c11-6-3-1-5(2-4-6)9-7(13)8(14)10(17-9)12-18(15)16;1-3-2/h1-4,12-14H,(H,15,16);3H2,1-2H3/p-1. The van der Waals surface area contributed by atoms with Gasteiger partial charge >= 0.3 is 0 Å². The Labute approximate surface area is 129 Å². The Morgan fingerprint density at radius 3 is 2.24 bits per heavy atom. The number of aromatic hydroxyl groups is 2. The van der Waals surface area contributed by atoms with Gasteiger partial charge in [-0.3, -0.25) is 8.93 Å². The summed E-state index contributed by atoms with van der Waals surface area (Å²) in [7, 11) is 0. The number of hydrogen-bond donors (Lipinski definition) is 3. The minimum absolute atomic E-state index is 0.0582. The van der Waals surface area contributed by atoms with Gasteiger partial charge in [0, 0.05) is 21.9 Å². The molecule has 6 nitrogen and oxygen atoms in total. The lowest BCUT2D eigenvalue weighted by Crippen LogP contribution is -2.00. The molecule has 2 rings (SSSR count). The quantitative estimate of drug-likeness (QED) is 0.744. The number of rotatable bonds is 3. The van der Waals surface area contributed by atoms with Gasteiger partial charge in [0.05, 0.1) is 0 Å². The van der Waals surface area contributed by atoms with Crippen LogP contribution in [0.1, 0.15) is 20.3 Å². The summed E-state index contributed by atoms with van der Waals surface area (Å²) in [5.41, 5.74) is 0.442. The van der Waals surface area contributed by atoms with Crippen molar-refractivity contribution in [2.75, 3.05) is 4.72 Å². The number of furan rings is 1. The third kappa shape index (κ3) is 4.66. The molecule has 8 heteroatoms. The third-order valence-corrected chi connectivity index (χ3v) is 2.75. The SMILES string of the molecule is CCC.O=S([O-])Nc1oc(-c2ccc(Cl)cc2)c(O)c1O. The van der Waals surface area contributed by atoms with Crippen LogP contribution in [0.3, 0.4) is 0 Å². The van der Waals surface area contributed by atoms with Gasteiger partial charge in [-0.1, -0.05) is 31.9 Å². The molecule has 3 N–H and O–H groups in total. The highest BCUT2D eigenvalue weighted by Gasteiger charge is 2.20. The molecule has 1 aromatic heterocycles. The fourth-order valence-electron chi connectivity index (χ4n) is 1.36. The van der Waals surface area contributed by atoms with E-state index in [2.05, 4.69) is 13.8 Å². The van der Waals surface area contributed by atoms with E-state index < -0.39 is 28.6 Å². The summed E-state index contributed by atoms with van der Waals surface area (Å²) in [5.74, 6) is -1.74. The van der Waals surface area contributed by atoms with E-state index in [-0.39, 0.29) is 5.76 Å². The first-order valence-electron chi connectivity index (χ1n) is 6.07. The van der Waals surface area contributed by atoms with Gasteiger partial charge in [-0.05, 0) is 24.3 Å². The second kappa shape index (κ2) is 7.92. The maximum atomic E-state index is 10.4. The summed E-state index contributed by atoms with van der Waals surface area (Å²) in [6.45, 7) is 4.25. The summed E-state index contributed by atoms with van der Waals surface area (Å²) in [4.78, 5) is 0. The molecule has 116 valence electrons. The van der Waals surface area contributed by atoms with Crippen LogP contribution >= 0.6 is 11.6 Å². The van der Waals surface area contributed by atoms with E-state index in [9.17, 15) is 19.0 Å². The van der Waals surface area contributed by atoms with Crippen LogP contribution in [0.25, 0.3) is 11.3 Å². The van der Waals surface area contributed by atoms with Crippen LogP contribution in [0.5, 0.6) is 11.5 Å². The van der Waals surface area contributed by atoms with E-state index in [1.54, 1.807) is 24.3 Å². The minimum Gasteiger partial charge on any atom is -0.755 e. The summed E-state index contributed by atoms with van der Waals surface area (Å²) in [6.07, 6.45) is 1.25. The Hall–Kier alpha value is -1.70. The molecule has 2 aromatic rings. The van der Waals surface area contributed by atoms with Gasteiger partial charge in [-0.2, -0.15) is 0 Å². The Balaban J connectivity index is 0.000000677. The van der Waals surface area contributed by atoms with E-state index in [1.165, 1.54) is 6.42 Å². The predicted molar refractivity (Wildman–Crippen MR) is 81.0 cm³/mol. The molecule has 0 saturated carbocycles. The van der Waals surface area contributed by atoms with Gasteiger partial charge in [-0.25, -0.2) is 0 Å². The van der Waals surface area contributed by atoms with Gasteiger partial charge in [0.1, 0.15) is 0 Å². The Morgan fingerprint density at radius 2 is 1.76 bits per heavy atom. The smallest absolute Gasteiger partial charge is 0.251 e. The molecule has 0 aliphatic heterocycles. The minimum atomic E-state index is -2.67. The van der Waals surface area contributed by atoms with Crippen molar-refractivity contribution in [2.24, 2.45) is 0 Å². The number of anilines is 1. The van der Waals surface area contributed by atoms with Gasteiger partial charge in [0.15, 0.2) is 5.76 Å². The second-order valence-electron chi connectivity index (χ2n) is 4.01. The molecule has 0 saturated heterocycles. The average Bonchev–Trinajstić information content (AvgIpc) is 2.68. The van der Waals surface area contributed by atoms with Crippen LogP contribution in [0.4, 0.5) is 5.88 Å². The molecule has 21 heavy (non-hydrogen) atoms. The van der Waals surface area contributed by atoms with E-state index in [1.807, 2.05) is 4.72 Å². The molecule has 0 aliphatic carbocycles. The monoisotopic (exact) mass is 332 g/mol. The molecule has 0 bridgehead atoms. The van der Waals surface area contributed by atoms with Gasteiger partial charge in [-0.15, -0.1) is 0 Å². The highest BCUT2D eigenvalue weighted by atomic mass is 35.5. The lowest BCUT2D eigenvalue weighted by atomic mass is 10.1. The highest BCUT2D eigenvalue weighted by Crippen LogP contribution is 2.45. The van der Waals surface area contributed by atoms with Crippen molar-refractivity contribution in [3.63, 3.8) is 0 Å². The zero-order valence-electron chi connectivity index (χ0n) is 11.4. The van der Waals surface area contributed by atoms with Crippen molar-refractivity contribution < 1.29 is 23.4 Å². The molecule has 1 heterocycles. The topological polar surface area (TPSA) is 106 Å². The zero-order valence-corrected chi connectivity index (χ0v) is 13.0. The first kappa shape index (κ1) is 17.4. The second-order valence-corrected chi connectivity index (χ2v) is 5.12. The Kier molecular flexibility index (Phi) is 6.54. The zero-order chi connectivity index (χ0) is 16.0. The number of benzene rings is 1. The van der Waals surface area contributed by atoms with Crippen molar-refractivity contribution in [1.29, 1.82) is 0 Å². The normalized spacial score (nSPS) is 11.4. The lowest BCUT2D eigenvalue weighted by molar-refractivity contribution is 0.410. The van der Waals surface area contributed by atoms with E-state index in [0.717, 1.165) is 0 Å². The average molecular weight is 333 g/mol. The fourth-order valence-corrected chi connectivity index (χ4v) is 1.77. The molecule has 0 radical (unpaired) electrons. The van der Waals surface area contributed by atoms with Crippen LogP contribution in [0.2, 0.25) is 5.02 Å². The van der Waals surface area contributed by atoms with Gasteiger partial charge < -0.3 is 19.2 Å². The van der Waals surface area contributed by atoms with Crippen LogP contribution in [-0.2, 0) is 11.3 Å². The largest absolute Gasteiger partial charge is 0.755 e. The summed E-state index contributed by atoms with van der Waals surface area (Å²) < 4.78 is 27.7. The van der Waals surface area contributed by atoms with Crippen molar-refractivity contribution in [1.82, 2.24) is 0 Å². The molecule has 1 aromatic carbocycles. The van der Waals surface area contributed by atoms with Crippen LogP contribution in [-0.4, -0.2) is 19.0 Å². The number of nitrogens with one attached hydrogen (secondary N) is 1. The molecular formula is C13H15ClNO5S-. The summed E-state index contributed by atoms with van der Waals surface area (Å²) >= 11 is 3.04.